The summed E-state index contributed by atoms with van der Waals surface area (Å²) >= 11 is 9.09. The third kappa shape index (κ3) is 2.97. The average molecular weight is 302 g/mol. The quantitative estimate of drug-likeness (QED) is 0.805. The molecule has 0 saturated carbocycles. The Balaban J connectivity index is 2.95. The molecule has 0 heterocycles. The van der Waals surface area contributed by atoms with Crippen LogP contribution < -0.4 is 0 Å². The minimum atomic E-state index is -0.165. The number of rotatable bonds is 3. The zero-order chi connectivity index (χ0) is 12.1. The van der Waals surface area contributed by atoms with Crippen LogP contribution in [0.4, 0.5) is 0 Å². The Morgan fingerprint density at radius 3 is 2.81 bits per heavy atom. The molecule has 0 saturated heterocycles. The summed E-state index contributed by atoms with van der Waals surface area (Å²) in [5.41, 5.74) is 0.522. The molecule has 0 spiro atoms. The van der Waals surface area contributed by atoms with Gasteiger partial charge in [0.25, 0.3) is 5.91 Å². The lowest BCUT2D eigenvalue weighted by Gasteiger charge is -2.17. The Labute approximate surface area is 108 Å². The van der Waals surface area contributed by atoms with Crippen molar-refractivity contribution in [2.45, 2.75) is 6.92 Å². The van der Waals surface area contributed by atoms with Crippen molar-refractivity contribution in [3.63, 3.8) is 0 Å². The molecule has 0 atom stereocenters. The molecule has 0 fully saturated rings. The number of hydrogen-bond acceptors (Lipinski definition) is 2. The first-order chi connectivity index (χ1) is 7.60. The first-order valence-electron chi connectivity index (χ1n) is 4.71. The van der Waals surface area contributed by atoms with E-state index in [1.54, 1.807) is 18.2 Å². The van der Waals surface area contributed by atoms with E-state index in [0.29, 0.717) is 21.6 Å². The average Bonchev–Trinajstić information content (AvgIpc) is 2.28. The van der Waals surface area contributed by atoms with Crippen LogP contribution in [0.15, 0.2) is 22.7 Å². The molecule has 0 bridgehead atoms. The van der Waals surface area contributed by atoms with Crippen molar-refractivity contribution in [2.75, 3.05) is 13.1 Å². The topological polar surface area (TPSA) is 44.1 Å². The van der Waals surface area contributed by atoms with Gasteiger partial charge in [0.05, 0.1) is 11.1 Å². The van der Waals surface area contributed by atoms with E-state index in [1.807, 2.05) is 13.0 Å². The van der Waals surface area contributed by atoms with E-state index in [-0.39, 0.29) is 12.5 Å². The van der Waals surface area contributed by atoms with E-state index in [4.69, 9.17) is 16.9 Å². The molecular weight excluding hydrogens is 291 g/mol. The fourth-order valence-electron chi connectivity index (χ4n) is 1.22. The first kappa shape index (κ1) is 13.0. The van der Waals surface area contributed by atoms with Crippen molar-refractivity contribution in [1.29, 1.82) is 5.26 Å². The zero-order valence-electron chi connectivity index (χ0n) is 8.70. The summed E-state index contributed by atoms with van der Waals surface area (Å²) in [5, 5.41) is 9.14. The number of carbonyl (C=O) groups is 1. The minimum Gasteiger partial charge on any atom is -0.326 e. The summed E-state index contributed by atoms with van der Waals surface area (Å²) in [6.07, 6.45) is 0. The van der Waals surface area contributed by atoms with Crippen LogP contribution in [0, 0.1) is 11.3 Å². The number of hydrogen-bond donors (Lipinski definition) is 0. The van der Waals surface area contributed by atoms with Gasteiger partial charge in [-0.15, -0.1) is 0 Å². The second kappa shape index (κ2) is 5.88. The lowest BCUT2D eigenvalue weighted by Crippen LogP contribution is -2.31. The Kier molecular flexibility index (Phi) is 4.78. The van der Waals surface area contributed by atoms with Crippen LogP contribution in [0.2, 0.25) is 5.02 Å². The molecule has 5 heteroatoms. The predicted molar refractivity (Wildman–Crippen MR) is 66.3 cm³/mol. The Bertz CT molecular complexity index is 442. The van der Waals surface area contributed by atoms with Gasteiger partial charge in [-0.2, -0.15) is 5.26 Å². The minimum absolute atomic E-state index is 0.0928. The van der Waals surface area contributed by atoms with E-state index in [0.717, 1.165) is 0 Å². The maximum atomic E-state index is 11.9. The highest BCUT2D eigenvalue weighted by atomic mass is 79.9. The summed E-state index contributed by atoms with van der Waals surface area (Å²) in [7, 11) is 0. The smallest absolute Gasteiger partial charge is 0.254 e. The van der Waals surface area contributed by atoms with Crippen LogP contribution in [-0.4, -0.2) is 23.9 Å². The number of benzene rings is 1. The number of amides is 1. The SMILES string of the molecule is CCN(CC#N)C(=O)c1ccc(Cl)c(Br)c1. The van der Waals surface area contributed by atoms with Crippen LogP contribution >= 0.6 is 27.5 Å². The van der Waals surface area contributed by atoms with E-state index in [2.05, 4.69) is 15.9 Å². The number of nitriles is 1. The Morgan fingerprint density at radius 1 is 1.62 bits per heavy atom. The first-order valence-corrected chi connectivity index (χ1v) is 5.88. The summed E-state index contributed by atoms with van der Waals surface area (Å²) in [6.45, 7) is 2.43. The third-order valence-corrected chi connectivity index (χ3v) is 3.31. The van der Waals surface area contributed by atoms with Gasteiger partial charge in [0.2, 0.25) is 0 Å². The molecule has 0 aliphatic heterocycles. The van der Waals surface area contributed by atoms with Gasteiger partial charge >= 0.3 is 0 Å². The van der Waals surface area contributed by atoms with Crippen molar-refractivity contribution < 1.29 is 4.79 Å². The number of carbonyl (C=O) groups excluding carboxylic acids is 1. The molecule has 1 aromatic carbocycles. The van der Waals surface area contributed by atoms with Crippen LogP contribution in [-0.2, 0) is 0 Å². The highest BCUT2D eigenvalue weighted by Gasteiger charge is 2.14. The third-order valence-electron chi connectivity index (χ3n) is 2.10. The van der Waals surface area contributed by atoms with Crippen LogP contribution in [0.3, 0.4) is 0 Å². The maximum Gasteiger partial charge on any atom is 0.254 e. The van der Waals surface area contributed by atoms with E-state index in [1.165, 1.54) is 4.90 Å². The molecule has 1 amide bonds. The van der Waals surface area contributed by atoms with Crippen molar-refractivity contribution >= 4 is 33.4 Å². The lowest BCUT2D eigenvalue weighted by atomic mass is 10.2. The van der Waals surface area contributed by atoms with Gasteiger partial charge in [-0.1, -0.05) is 11.6 Å². The number of nitrogens with zero attached hydrogens (tertiary/aromatic N) is 2. The van der Waals surface area contributed by atoms with Crippen molar-refractivity contribution in [3.05, 3.63) is 33.3 Å². The van der Waals surface area contributed by atoms with Crippen LogP contribution in [0.25, 0.3) is 0 Å². The Hall–Kier alpha value is -1.05. The van der Waals surface area contributed by atoms with Gasteiger partial charge in [-0.05, 0) is 41.1 Å². The predicted octanol–water partition coefficient (Wildman–Crippen LogP) is 3.09. The molecule has 0 aliphatic rings. The van der Waals surface area contributed by atoms with E-state index < -0.39 is 0 Å². The summed E-state index contributed by atoms with van der Waals surface area (Å²) in [5.74, 6) is -0.165. The molecule has 3 nitrogen and oxygen atoms in total. The second-order valence-corrected chi connectivity index (χ2v) is 4.37. The molecule has 0 unspecified atom stereocenters. The molecule has 16 heavy (non-hydrogen) atoms. The summed E-state index contributed by atoms with van der Waals surface area (Å²) < 4.78 is 0.674. The fraction of sp³-hybridized carbons (Fsp3) is 0.273. The highest BCUT2D eigenvalue weighted by molar-refractivity contribution is 9.10. The normalized spacial score (nSPS) is 9.62. The fourth-order valence-corrected chi connectivity index (χ4v) is 1.72. The van der Waals surface area contributed by atoms with E-state index in [9.17, 15) is 4.79 Å². The monoisotopic (exact) mass is 300 g/mol. The molecular formula is C11H10BrClN2O. The molecule has 0 aromatic heterocycles. The van der Waals surface area contributed by atoms with Gasteiger partial charge in [0.1, 0.15) is 6.54 Å². The van der Waals surface area contributed by atoms with Gasteiger partial charge in [0, 0.05) is 16.6 Å². The molecule has 1 rings (SSSR count). The van der Waals surface area contributed by atoms with Crippen LogP contribution in [0.5, 0.6) is 0 Å². The van der Waals surface area contributed by atoms with Gasteiger partial charge < -0.3 is 4.90 Å². The van der Waals surface area contributed by atoms with Crippen molar-refractivity contribution in [1.82, 2.24) is 4.90 Å². The van der Waals surface area contributed by atoms with Gasteiger partial charge in [-0.3, -0.25) is 4.79 Å². The summed E-state index contributed by atoms with van der Waals surface area (Å²) in [6, 6.07) is 6.92. The standard InChI is InChI=1S/C11H10BrClN2O/c1-2-15(6-5-14)11(16)8-3-4-10(13)9(12)7-8/h3-4,7H,2,6H2,1H3. The molecule has 1 aromatic rings. The van der Waals surface area contributed by atoms with E-state index >= 15 is 0 Å². The summed E-state index contributed by atoms with van der Waals surface area (Å²) in [4.78, 5) is 13.4. The van der Waals surface area contributed by atoms with Crippen molar-refractivity contribution in [3.8, 4) is 6.07 Å². The molecule has 0 aliphatic carbocycles. The maximum absolute atomic E-state index is 11.9. The second-order valence-electron chi connectivity index (χ2n) is 3.11. The molecule has 0 N–H and O–H groups in total. The number of halogens is 2. The van der Waals surface area contributed by atoms with Gasteiger partial charge in [0.15, 0.2) is 0 Å². The largest absolute Gasteiger partial charge is 0.326 e. The molecule has 0 radical (unpaired) electrons. The highest BCUT2D eigenvalue weighted by Crippen LogP contribution is 2.23. The lowest BCUT2D eigenvalue weighted by molar-refractivity contribution is 0.0784. The van der Waals surface area contributed by atoms with Crippen molar-refractivity contribution in [2.24, 2.45) is 0 Å². The molecule has 84 valence electrons. The van der Waals surface area contributed by atoms with Gasteiger partial charge in [-0.25, -0.2) is 0 Å². The van der Waals surface area contributed by atoms with Crippen LogP contribution in [0.1, 0.15) is 17.3 Å². The Morgan fingerprint density at radius 2 is 2.31 bits per heavy atom. The zero-order valence-corrected chi connectivity index (χ0v) is 11.0.